The Morgan fingerprint density at radius 2 is 1.56 bits per heavy atom. The molecule has 1 unspecified atom stereocenters. The summed E-state index contributed by atoms with van der Waals surface area (Å²) < 4.78 is 16.0. The normalized spacial score (nSPS) is 13.7. The Hall–Kier alpha value is -2.69. The van der Waals surface area contributed by atoms with E-state index in [-0.39, 0.29) is 11.9 Å². The van der Waals surface area contributed by atoms with Crippen molar-refractivity contribution in [1.29, 1.82) is 0 Å². The van der Waals surface area contributed by atoms with E-state index in [0.717, 1.165) is 18.4 Å². The quantitative estimate of drug-likeness (QED) is 0.836. The van der Waals surface area contributed by atoms with Crippen LogP contribution in [-0.2, 0) is 12.8 Å². The number of hydrogen-bond donors (Lipinski definition) is 1. The van der Waals surface area contributed by atoms with E-state index in [0.29, 0.717) is 22.8 Å². The maximum absolute atomic E-state index is 12.8. The largest absolute Gasteiger partial charge is 0.493 e. The van der Waals surface area contributed by atoms with Crippen molar-refractivity contribution in [2.75, 3.05) is 21.3 Å². The lowest BCUT2D eigenvalue weighted by Crippen LogP contribution is -2.27. The molecule has 2 aromatic carbocycles. The molecule has 2 aromatic rings. The number of ether oxygens (including phenoxy) is 3. The number of hydrogen-bond acceptors (Lipinski definition) is 4. The van der Waals surface area contributed by atoms with Gasteiger partial charge in [-0.25, -0.2) is 0 Å². The zero-order valence-electron chi connectivity index (χ0n) is 16.6. The van der Waals surface area contributed by atoms with E-state index in [4.69, 9.17) is 14.2 Å². The van der Waals surface area contributed by atoms with Crippen LogP contribution >= 0.6 is 0 Å². The molecule has 1 aliphatic rings. The van der Waals surface area contributed by atoms with Gasteiger partial charge >= 0.3 is 0 Å². The van der Waals surface area contributed by atoms with Crippen LogP contribution in [-0.4, -0.2) is 27.2 Å². The van der Waals surface area contributed by atoms with Crippen molar-refractivity contribution < 1.29 is 19.0 Å². The summed E-state index contributed by atoms with van der Waals surface area (Å²) in [5.41, 5.74) is 5.70. The lowest BCUT2D eigenvalue weighted by Gasteiger charge is -2.19. The van der Waals surface area contributed by atoms with Gasteiger partial charge in [0.1, 0.15) is 0 Å². The predicted molar refractivity (Wildman–Crippen MR) is 105 cm³/mol. The Kier molecular flexibility index (Phi) is 5.59. The molecule has 0 radical (unpaired) electrons. The second kappa shape index (κ2) is 7.91. The van der Waals surface area contributed by atoms with E-state index < -0.39 is 0 Å². The number of rotatable bonds is 6. The number of nitrogens with one attached hydrogen (secondary N) is 1. The molecule has 0 aliphatic heterocycles. The first-order chi connectivity index (χ1) is 13.0. The van der Waals surface area contributed by atoms with Gasteiger partial charge in [0.05, 0.1) is 27.4 Å². The monoisotopic (exact) mass is 369 g/mol. The minimum Gasteiger partial charge on any atom is -0.493 e. The molecule has 1 amide bonds. The molecule has 5 nitrogen and oxygen atoms in total. The summed E-state index contributed by atoms with van der Waals surface area (Å²) in [7, 11) is 4.61. The number of benzene rings is 2. The first kappa shape index (κ1) is 19.1. The second-order valence-electron chi connectivity index (χ2n) is 6.94. The molecule has 0 bridgehead atoms. The van der Waals surface area contributed by atoms with Crippen LogP contribution in [0.1, 0.15) is 52.0 Å². The summed E-state index contributed by atoms with van der Waals surface area (Å²) in [4.78, 5) is 12.8. The molecule has 1 aliphatic carbocycles. The molecule has 27 heavy (non-hydrogen) atoms. The molecule has 0 aromatic heterocycles. The highest BCUT2D eigenvalue weighted by atomic mass is 16.5. The number of amides is 1. The van der Waals surface area contributed by atoms with Crippen molar-refractivity contribution >= 4 is 5.91 Å². The molecule has 0 saturated carbocycles. The predicted octanol–water partition coefficient (Wildman–Crippen LogP) is 4.00. The van der Waals surface area contributed by atoms with Crippen LogP contribution in [0.4, 0.5) is 0 Å². The zero-order chi connectivity index (χ0) is 19.6. The number of methoxy groups -OCH3 is 3. The molecular formula is C22H27NO4. The maximum atomic E-state index is 12.8. The first-order valence-electron chi connectivity index (χ1n) is 9.21. The Bertz CT molecular complexity index is 835. The van der Waals surface area contributed by atoms with Crippen LogP contribution in [0, 0.1) is 6.92 Å². The fourth-order valence-electron chi connectivity index (χ4n) is 3.80. The van der Waals surface area contributed by atoms with Crippen LogP contribution in [0.3, 0.4) is 0 Å². The van der Waals surface area contributed by atoms with Crippen LogP contribution < -0.4 is 19.5 Å². The van der Waals surface area contributed by atoms with Crippen molar-refractivity contribution in [3.05, 3.63) is 52.1 Å². The van der Waals surface area contributed by atoms with Crippen molar-refractivity contribution in [1.82, 2.24) is 5.32 Å². The maximum Gasteiger partial charge on any atom is 0.252 e. The third-order valence-corrected chi connectivity index (χ3v) is 5.22. The minimum absolute atomic E-state index is 0.0949. The van der Waals surface area contributed by atoms with Crippen molar-refractivity contribution in [3.63, 3.8) is 0 Å². The van der Waals surface area contributed by atoms with E-state index >= 15 is 0 Å². The fourth-order valence-corrected chi connectivity index (χ4v) is 3.80. The number of aryl methyl sites for hydroxylation is 3. The first-order valence-corrected chi connectivity index (χ1v) is 9.21. The lowest BCUT2D eigenvalue weighted by molar-refractivity contribution is 0.0939. The highest BCUT2D eigenvalue weighted by Crippen LogP contribution is 2.38. The summed E-state index contributed by atoms with van der Waals surface area (Å²) in [6.45, 7) is 4.12. The molecule has 0 heterocycles. The summed E-state index contributed by atoms with van der Waals surface area (Å²) in [5.74, 6) is 1.22. The van der Waals surface area contributed by atoms with Crippen molar-refractivity contribution in [3.8, 4) is 17.2 Å². The van der Waals surface area contributed by atoms with E-state index in [1.165, 1.54) is 37.3 Å². The van der Waals surface area contributed by atoms with E-state index in [1.54, 1.807) is 19.2 Å². The SMILES string of the molecule is COc1cc(C(=O)NC(C)c2cc3c(cc2C)CCC3)cc(OC)c1OC. The van der Waals surface area contributed by atoms with E-state index in [9.17, 15) is 4.79 Å². The van der Waals surface area contributed by atoms with Gasteiger partial charge in [0.25, 0.3) is 5.91 Å². The summed E-state index contributed by atoms with van der Waals surface area (Å²) in [5, 5.41) is 3.09. The Labute approximate surface area is 160 Å². The van der Waals surface area contributed by atoms with Crippen LogP contribution in [0.2, 0.25) is 0 Å². The van der Waals surface area contributed by atoms with Crippen molar-refractivity contribution in [2.24, 2.45) is 0 Å². The fraction of sp³-hybridized carbons (Fsp3) is 0.409. The Balaban J connectivity index is 1.85. The van der Waals surface area contributed by atoms with E-state index in [2.05, 4.69) is 24.4 Å². The van der Waals surface area contributed by atoms with Crippen LogP contribution in [0.25, 0.3) is 0 Å². The molecule has 5 heteroatoms. The molecule has 1 atom stereocenters. The zero-order valence-corrected chi connectivity index (χ0v) is 16.6. The van der Waals surface area contributed by atoms with Crippen LogP contribution in [0.5, 0.6) is 17.2 Å². The molecule has 0 saturated heterocycles. The van der Waals surface area contributed by atoms with Gasteiger partial charge in [-0.1, -0.05) is 12.1 Å². The average Bonchev–Trinajstić information content (AvgIpc) is 3.12. The van der Waals surface area contributed by atoms with E-state index in [1.807, 2.05) is 6.92 Å². The third-order valence-electron chi connectivity index (χ3n) is 5.22. The standard InChI is InChI=1S/C22H27NO4/c1-13-9-15-7-6-8-16(15)10-18(13)14(2)23-22(24)17-11-19(25-3)21(27-5)20(12-17)26-4/h9-12,14H,6-8H2,1-5H3,(H,23,24). The highest BCUT2D eigenvalue weighted by molar-refractivity contribution is 5.96. The van der Waals surface area contributed by atoms with Crippen molar-refractivity contribution in [2.45, 2.75) is 39.2 Å². The van der Waals surface area contributed by atoms with Gasteiger partial charge in [0, 0.05) is 5.56 Å². The molecule has 3 rings (SSSR count). The smallest absolute Gasteiger partial charge is 0.252 e. The van der Waals surface area contributed by atoms with Gasteiger partial charge in [0.2, 0.25) is 5.75 Å². The molecule has 0 fully saturated rings. The van der Waals surface area contributed by atoms with Crippen LogP contribution in [0.15, 0.2) is 24.3 Å². The number of fused-ring (bicyclic) bond motifs is 1. The van der Waals surface area contributed by atoms with Gasteiger partial charge in [-0.15, -0.1) is 0 Å². The number of carbonyl (C=O) groups is 1. The van der Waals surface area contributed by atoms with Gasteiger partial charge in [0.15, 0.2) is 11.5 Å². The summed E-state index contributed by atoms with van der Waals surface area (Å²) in [6, 6.07) is 7.75. The minimum atomic E-state index is -0.179. The second-order valence-corrected chi connectivity index (χ2v) is 6.94. The van der Waals surface area contributed by atoms with Gasteiger partial charge in [-0.05, 0) is 67.5 Å². The topological polar surface area (TPSA) is 56.8 Å². The average molecular weight is 369 g/mol. The molecule has 0 spiro atoms. The highest BCUT2D eigenvalue weighted by Gasteiger charge is 2.20. The molecule has 144 valence electrons. The summed E-state index contributed by atoms with van der Waals surface area (Å²) >= 11 is 0. The number of carbonyl (C=O) groups excluding carboxylic acids is 1. The van der Waals surface area contributed by atoms with Gasteiger partial charge in [-0.2, -0.15) is 0 Å². The Morgan fingerprint density at radius 1 is 0.963 bits per heavy atom. The van der Waals surface area contributed by atoms with Gasteiger partial charge < -0.3 is 19.5 Å². The molecule has 1 N–H and O–H groups in total. The lowest BCUT2D eigenvalue weighted by atomic mass is 9.96. The third kappa shape index (κ3) is 3.72. The molecular weight excluding hydrogens is 342 g/mol. The Morgan fingerprint density at radius 3 is 2.11 bits per heavy atom. The van der Waals surface area contributed by atoms with Gasteiger partial charge in [-0.3, -0.25) is 4.79 Å². The summed E-state index contributed by atoms with van der Waals surface area (Å²) in [6.07, 6.45) is 3.49.